The van der Waals surface area contributed by atoms with Crippen molar-refractivity contribution in [2.75, 3.05) is 6.54 Å². The van der Waals surface area contributed by atoms with Gasteiger partial charge in [0, 0.05) is 12.8 Å². The van der Waals surface area contributed by atoms with E-state index in [-0.39, 0.29) is 0 Å². The van der Waals surface area contributed by atoms with Crippen LogP contribution in [0.25, 0.3) is 0 Å². The van der Waals surface area contributed by atoms with Crippen LogP contribution in [0.15, 0.2) is 22.1 Å². The van der Waals surface area contributed by atoms with Crippen molar-refractivity contribution in [1.82, 2.24) is 0 Å². The van der Waals surface area contributed by atoms with Crippen LogP contribution in [-0.4, -0.2) is 19.1 Å². The third-order valence-electron chi connectivity index (χ3n) is 0.881. The van der Waals surface area contributed by atoms with Gasteiger partial charge in [-0.2, -0.15) is 0 Å². The summed E-state index contributed by atoms with van der Waals surface area (Å²) in [5.41, 5.74) is 0. The molecule has 0 N–H and O–H groups in total. The lowest BCUT2D eigenvalue weighted by Gasteiger charge is -1.86. The number of hydrogen-bond donors (Lipinski definition) is 0. The molecule has 0 aliphatic carbocycles. The fourth-order valence-corrected chi connectivity index (χ4v) is 0.499. The van der Waals surface area contributed by atoms with Crippen LogP contribution in [0.1, 0.15) is 6.42 Å². The molecule has 0 amide bonds. The molecule has 42 valence electrons. The van der Waals surface area contributed by atoms with E-state index < -0.39 is 0 Å². The van der Waals surface area contributed by atoms with Gasteiger partial charge in [0.2, 0.25) is 0 Å². The summed E-state index contributed by atoms with van der Waals surface area (Å²) in [5.74, 6) is 0. The third kappa shape index (κ3) is 1.69. The molecule has 0 aromatic heterocycles. The van der Waals surface area contributed by atoms with E-state index >= 15 is 0 Å². The first-order valence-electron chi connectivity index (χ1n) is 2.67. The minimum absolute atomic E-state index is 0.869. The van der Waals surface area contributed by atoms with Gasteiger partial charge in [0.05, 0.1) is 0 Å². The van der Waals surface area contributed by atoms with Crippen LogP contribution < -0.4 is 0 Å². The summed E-state index contributed by atoms with van der Waals surface area (Å²) in [6.07, 6.45) is 8.35. The molecule has 0 fully saturated rings. The predicted molar refractivity (Wildman–Crippen MR) is 35.6 cm³/mol. The van der Waals surface area contributed by atoms with Crippen molar-refractivity contribution in [2.24, 2.45) is 9.98 Å². The summed E-state index contributed by atoms with van der Waals surface area (Å²) in [7, 11) is 0. The molecule has 1 aliphatic rings. The van der Waals surface area contributed by atoms with Crippen molar-refractivity contribution in [3.63, 3.8) is 0 Å². The Morgan fingerprint density at radius 3 is 3.38 bits per heavy atom. The Bertz CT molecular complexity index is 117. The fourth-order valence-electron chi connectivity index (χ4n) is 0.499. The van der Waals surface area contributed by atoms with Gasteiger partial charge in [0.15, 0.2) is 0 Å². The molecule has 2 heteroatoms. The molecule has 8 heavy (non-hydrogen) atoms. The zero-order valence-corrected chi connectivity index (χ0v) is 4.62. The van der Waals surface area contributed by atoms with Gasteiger partial charge in [-0.3, -0.25) is 4.99 Å². The number of rotatable bonds is 0. The van der Waals surface area contributed by atoms with Crippen molar-refractivity contribution in [1.29, 1.82) is 0 Å². The Balaban J connectivity index is 2.51. The molecule has 1 aliphatic heterocycles. The van der Waals surface area contributed by atoms with E-state index in [2.05, 4.69) is 16.1 Å². The Labute approximate surface area is 48.7 Å². The van der Waals surface area contributed by atoms with Crippen LogP contribution in [0, 0.1) is 0 Å². The highest BCUT2D eigenvalue weighted by atomic mass is 14.8. The normalized spacial score (nSPS) is 22.0. The molecule has 0 aromatic rings. The van der Waals surface area contributed by atoms with Gasteiger partial charge in [0.25, 0.3) is 0 Å². The Morgan fingerprint density at radius 2 is 2.38 bits per heavy atom. The van der Waals surface area contributed by atoms with E-state index in [1.807, 2.05) is 6.08 Å². The van der Waals surface area contributed by atoms with Crippen molar-refractivity contribution in [3.05, 3.63) is 12.2 Å². The maximum atomic E-state index is 3.96. The van der Waals surface area contributed by atoms with Crippen LogP contribution in [0.3, 0.4) is 0 Å². The van der Waals surface area contributed by atoms with Crippen molar-refractivity contribution in [2.45, 2.75) is 6.42 Å². The molecule has 0 spiro atoms. The van der Waals surface area contributed by atoms with Crippen LogP contribution in [-0.2, 0) is 0 Å². The van der Waals surface area contributed by atoms with E-state index in [4.69, 9.17) is 0 Å². The van der Waals surface area contributed by atoms with E-state index in [9.17, 15) is 0 Å². The Hall–Kier alpha value is -0.920. The molecule has 0 unspecified atom stereocenters. The van der Waals surface area contributed by atoms with E-state index in [1.165, 1.54) is 0 Å². The van der Waals surface area contributed by atoms with Crippen LogP contribution in [0.5, 0.6) is 0 Å². The van der Waals surface area contributed by atoms with Gasteiger partial charge < -0.3 is 0 Å². The lowest BCUT2D eigenvalue weighted by Crippen LogP contribution is -1.81. The highest BCUT2D eigenvalue weighted by molar-refractivity contribution is 5.80. The molecule has 0 saturated carbocycles. The Kier molecular flexibility index (Phi) is 2.04. The molecule has 0 saturated heterocycles. The van der Waals surface area contributed by atoms with Crippen molar-refractivity contribution >= 4 is 12.6 Å². The second-order valence-electron chi connectivity index (χ2n) is 1.54. The first kappa shape index (κ1) is 5.22. The summed E-state index contributed by atoms with van der Waals surface area (Å²) < 4.78 is 0. The minimum Gasteiger partial charge on any atom is -0.273 e. The molecular weight excluding hydrogens is 100 g/mol. The summed E-state index contributed by atoms with van der Waals surface area (Å²) in [6.45, 7) is 0.869. The lowest BCUT2D eigenvalue weighted by molar-refractivity contribution is 1.01. The molecule has 2 nitrogen and oxygen atoms in total. The maximum Gasteiger partial charge on any atom is 0.109 e. The van der Waals surface area contributed by atoms with Gasteiger partial charge in [-0.05, 0) is 12.5 Å². The molecule has 0 radical (unpaired) electrons. The largest absolute Gasteiger partial charge is 0.273 e. The molecular formula is C6H8N2. The van der Waals surface area contributed by atoms with E-state index in [0.717, 1.165) is 13.0 Å². The molecule has 0 atom stereocenters. The van der Waals surface area contributed by atoms with Crippen LogP contribution in [0.2, 0.25) is 0 Å². The molecule has 1 heterocycles. The first-order valence-corrected chi connectivity index (χ1v) is 2.67. The highest BCUT2D eigenvalue weighted by Gasteiger charge is 1.76. The smallest absolute Gasteiger partial charge is 0.109 e. The van der Waals surface area contributed by atoms with Crippen LogP contribution in [0.4, 0.5) is 0 Å². The summed E-state index contributed by atoms with van der Waals surface area (Å²) in [5, 5.41) is 0. The Morgan fingerprint density at radius 1 is 1.38 bits per heavy atom. The predicted octanol–water partition coefficient (Wildman–Crippen LogP) is 1.05. The van der Waals surface area contributed by atoms with E-state index in [1.54, 1.807) is 12.6 Å². The molecule has 1 rings (SSSR count). The number of allylic oxidation sites excluding steroid dienone is 1. The fraction of sp³-hybridized carbons (Fsp3) is 0.333. The third-order valence-corrected chi connectivity index (χ3v) is 0.881. The van der Waals surface area contributed by atoms with Gasteiger partial charge in [-0.15, -0.1) is 0 Å². The number of hydrogen-bond acceptors (Lipinski definition) is 2. The van der Waals surface area contributed by atoms with Gasteiger partial charge in [-0.1, -0.05) is 6.08 Å². The minimum atomic E-state index is 0.869. The lowest BCUT2D eigenvalue weighted by atomic mass is 10.4. The van der Waals surface area contributed by atoms with Crippen LogP contribution >= 0.6 is 0 Å². The monoisotopic (exact) mass is 108 g/mol. The second kappa shape index (κ2) is 3.13. The zero-order chi connectivity index (χ0) is 5.66. The van der Waals surface area contributed by atoms with Gasteiger partial charge >= 0.3 is 0 Å². The first-order chi connectivity index (χ1) is 4.00. The van der Waals surface area contributed by atoms with Gasteiger partial charge in [0.1, 0.15) is 6.34 Å². The summed E-state index contributed by atoms with van der Waals surface area (Å²) in [4.78, 5) is 7.78. The average molecular weight is 108 g/mol. The van der Waals surface area contributed by atoms with Crippen molar-refractivity contribution in [3.8, 4) is 0 Å². The maximum absolute atomic E-state index is 3.96. The average Bonchev–Trinajstić information content (AvgIpc) is 1.62. The highest BCUT2D eigenvalue weighted by Crippen LogP contribution is 1.84. The van der Waals surface area contributed by atoms with E-state index in [0.29, 0.717) is 0 Å². The summed E-state index contributed by atoms with van der Waals surface area (Å²) >= 11 is 0. The standard InChI is InChI=1S/C6H8N2/c1-2-4-7-6-8-5-3-1/h1-2,4,6H,3,5H2/b2-1-,7-4?,8-6?. The summed E-state index contributed by atoms with van der Waals surface area (Å²) in [6, 6.07) is 0. The number of nitrogens with zero attached hydrogens (tertiary/aromatic N) is 2. The van der Waals surface area contributed by atoms with Crippen molar-refractivity contribution < 1.29 is 0 Å². The zero-order valence-electron chi connectivity index (χ0n) is 4.62. The SMILES string of the molecule is C1=NC=NCC/C=C\1. The van der Waals surface area contributed by atoms with Gasteiger partial charge in [-0.25, -0.2) is 4.99 Å². The quantitative estimate of drug-likeness (QED) is 0.443. The topological polar surface area (TPSA) is 24.7 Å². The molecule has 0 bridgehead atoms. The molecule has 0 aromatic carbocycles. The number of aliphatic imine (C=N–C) groups is 2. The second-order valence-corrected chi connectivity index (χ2v) is 1.54.